The summed E-state index contributed by atoms with van der Waals surface area (Å²) in [5.41, 5.74) is 1.31. The van der Waals surface area contributed by atoms with E-state index in [0.29, 0.717) is 12.1 Å². The normalized spacial score (nSPS) is 18.0. The highest BCUT2D eigenvalue weighted by Gasteiger charge is 2.21. The highest BCUT2D eigenvalue weighted by Crippen LogP contribution is 2.16. The summed E-state index contributed by atoms with van der Waals surface area (Å²) in [6.07, 6.45) is 2.08. The monoisotopic (exact) mass is 277 g/mol. The van der Waals surface area contributed by atoms with Crippen LogP contribution in [0.25, 0.3) is 0 Å². The summed E-state index contributed by atoms with van der Waals surface area (Å²) in [7, 11) is 1.72. The molecule has 1 fully saturated rings. The summed E-state index contributed by atoms with van der Waals surface area (Å²) >= 11 is 0. The number of hydrogen-bond donors (Lipinski definition) is 1. The van der Waals surface area contributed by atoms with Crippen molar-refractivity contribution in [3.05, 3.63) is 34.9 Å². The van der Waals surface area contributed by atoms with Gasteiger partial charge in [0.05, 0.1) is 11.7 Å². The van der Waals surface area contributed by atoms with Gasteiger partial charge in [-0.2, -0.15) is 0 Å². The number of carboxylic acid groups (broad SMARTS) is 1. The molecule has 108 valence electrons. The molecule has 0 aromatic heterocycles. The Morgan fingerprint density at radius 3 is 2.65 bits per heavy atom. The average molecular weight is 277 g/mol. The zero-order valence-corrected chi connectivity index (χ0v) is 11.8. The lowest BCUT2D eigenvalue weighted by Gasteiger charge is -2.21. The first-order chi connectivity index (χ1) is 9.47. The van der Waals surface area contributed by atoms with Crippen LogP contribution in [0, 0.1) is 6.92 Å². The van der Waals surface area contributed by atoms with Crippen LogP contribution in [-0.2, 0) is 4.74 Å². The Kier molecular flexibility index (Phi) is 4.39. The van der Waals surface area contributed by atoms with E-state index < -0.39 is 5.97 Å². The first-order valence-electron chi connectivity index (χ1n) is 6.69. The molecule has 1 aromatic rings. The van der Waals surface area contributed by atoms with Crippen LogP contribution in [-0.4, -0.2) is 48.2 Å². The summed E-state index contributed by atoms with van der Waals surface area (Å²) in [6, 6.07) is 4.68. The van der Waals surface area contributed by atoms with Crippen molar-refractivity contribution in [1.29, 1.82) is 0 Å². The van der Waals surface area contributed by atoms with Crippen molar-refractivity contribution < 1.29 is 19.4 Å². The number of benzene rings is 1. The maximum atomic E-state index is 12.3. The van der Waals surface area contributed by atoms with Crippen LogP contribution in [0.15, 0.2) is 18.2 Å². The van der Waals surface area contributed by atoms with Crippen LogP contribution in [0.5, 0.6) is 0 Å². The molecule has 0 spiro atoms. The lowest BCUT2D eigenvalue weighted by molar-refractivity contribution is 0.0587. The van der Waals surface area contributed by atoms with Crippen molar-refractivity contribution in [2.75, 3.05) is 20.2 Å². The van der Waals surface area contributed by atoms with Gasteiger partial charge in [-0.1, -0.05) is 0 Å². The third kappa shape index (κ3) is 3.36. The van der Waals surface area contributed by atoms with Crippen LogP contribution in [0.4, 0.5) is 0 Å². The molecule has 1 aliphatic rings. The Morgan fingerprint density at radius 1 is 1.35 bits per heavy atom. The fourth-order valence-electron chi connectivity index (χ4n) is 2.43. The van der Waals surface area contributed by atoms with E-state index in [1.54, 1.807) is 31.0 Å². The van der Waals surface area contributed by atoms with Gasteiger partial charge in [0.15, 0.2) is 0 Å². The fourth-order valence-corrected chi connectivity index (χ4v) is 2.43. The van der Waals surface area contributed by atoms with Crippen LogP contribution in [0.2, 0.25) is 0 Å². The molecule has 1 aromatic carbocycles. The zero-order chi connectivity index (χ0) is 14.7. The first-order valence-corrected chi connectivity index (χ1v) is 6.69. The second-order valence-electron chi connectivity index (χ2n) is 5.21. The van der Waals surface area contributed by atoms with Gasteiger partial charge in [-0.05, 0) is 43.5 Å². The summed E-state index contributed by atoms with van der Waals surface area (Å²) in [6.45, 7) is 3.07. The van der Waals surface area contributed by atoms with Gasteiger partial charge in [-0.15, -0.1) is 0 Å². The first kappa shape index (κ1) is 14.5. The van der Waals surface area contributed by atoms with E-state index in [-0.39, 0.29) is 17.6 Å². The van der Waals surface area contributed by atoms with Crippen LogP contribution in [0.3, 0.4) is 0 Å². The van der Waals surface area contributed by atoms with E-state index in [1.165, 1.54) is 6.07 Å². The Balaban J connectivity index is 2.13. The molecule has 20 heavy (non-hydrogen) atoms. The fraction of sp³-hybridized carbons (Fsp3) is 0.467. The third-order valence-electron chi connectivity index (χ3n) is 3.42. The number of rotatable bonds is 4. The predicted octanol–water partition coefficient (Wildman–Crippen LogP) is 1.94. The molecule has 1 atom stereocenters. The topological polar surface area (TPSA) is 66.8 Å². The summed E-state index contributed by atoms with van der Waals surface area (Å²) in [5, 5.41) is 9.04. The number of carboxylic acids is 1. The largest absolute Gasteiger partial charge is 0.478 e. The van der Waals surface area contributed by atoms with Crippen molar-refractivity contribution in [3.63, 3.8) is 0 Å². The van der Waals surface area contributed by atoms with Crippen molar-refractivity contribution in [2.45, 2.75) is 25.9 Å². The van der Waals surface area contributed by atoms with Crippen molar-refractivity contribution >= 4 is 11.9 Å². The molecule has 0 radical (unpaired) electrons. The van der Waals surface area contributed by atoms with Gasteiger partial charge in [-0.3, -0.25) is 4.79 Å². The molecule has 1 aliphatic heterocycles. The van der Waals surface area contributed by atoms with Gasteiger partial charge in [0, 0.05) is 25.8 Å². The quantitative estimate of drug-likeness (QED) is 0.913. The minimum atomic E-state index is -1.02. The molecule has 1 N–H and O–H groups in total. The molecular weight excluding hydrogens is 258 g/mol. The highest BCUT2D eigenvalue weighted by atomic mass is 16.5. The van der Waals surface area contributed by atoms with Crippen LogP contribution in [0.1, 0.15) is 39.1 Å². The Labute approximate surface area is 118 Å². The SMILES string of the molecule is Cc1cc(C(=O)O)cc(C(=O)N(C)C[C@@H]2CCCO2)c1. The van der Waals surface area contributed by atoms with Crippen molar-refractivity contribution in [1.82, 2.24) is 4.90 Å². The number of aromatic carboxylic acids is 1. The minimum Gasteiger partial charge on any atom is -0.478 e. The third-order valence-corrected chi connectivity index (χ3v) is 3.42. The number of likely N-dealkylation sites (N-methyl/N-ethyl adjacent to an activating group) is 1. The molecule has 1 heterocycles. The van der Waals surface area contributed by atoms with Gasteiger partial charge in [0.25, 0.3) is 5.91 Å². The maximum absolute atomic E-state index is 12.3. The second-order valence-corrected chi connectivity index (χ2v) is 5.21. The summed E-state index contributed by atoms with van der Waals surface area (Å²) in [5.74, 6) is -1.20. The van der Waals surface area contributed by atoms with Gasteiger partial charge >= 0.3 is 5.97 Å². The average Bonchev–Trinajstić information content (AvgIpc) is 2.89. The molecule has 5 nitrogen and oxygen atoms in total. The summed E-state index contributed by atoms with van der Waals surface area (Å²) in [4.78, 5) is 25.0. The van der Waals surface area contributed by atoms with E-state index in [2.05, 4.69) is 0 Å². The van der Waals surface area contributed by atoms with E-state index >= 15 is 0 Å². The number of hydrogen-bond acceptors (Lipinski definition) is 3. The van der Waals surface area contributed by atoms with E-state index in [0.717, 1.165) is 25.0 Å². The van der Waals surface area contributed by atoms with Gasteiger partial charge in [0.2, 0.25) is 0 Å². The maximum Gasteiger partial charge on any atom is 0.335 e. The van der Waals surface area contributed by atoms with Gasteiger partial charge in [-0.25, -0.2) is 4.79 Å². The highest BCUT2D eigenvalue weighted by molar-refractivity contribution is 5.97. The Morgan fingerprint density at radius 2 is 2.05 bits per heavy atom. The van der Waals surface area contributed by atoms with Crippen molar-refractivity contribution in [3.8, 4) is 0 Å². The Bertz CT molecular complexity index is 521. The number of carbonyl (C=O) groups excluding carboxylic acids is 1. The molecule has 0 saturated carbocycles. The predicted molar refractivity (Wildman–Crippen MR) is 74.1 cm³/mol. The molecule has 0 unspecified atom stereocenters. The van der Waals surface area contributed by atoms with E-state index in [4.69, 9.17) is 9.84 Å². The van der Waals surface area contributed by atoms with Gasteiger partial charge < -0.3 is 14.7 Å². The van der Waals surface area contributed by atoms with E-state index in [9.17, 15) is 9.59 Å². The summed E-state index contributed by atoms with van der Waals surface area (Å²) < 4.78 is 5.51. The zero-order valence-electron chi connectivity index (χ0n) is 11.8. The molecule has 0 bridgehead atoms. The Hall–Kier alpha value is -1.88. The number of carbonyl (C=O) groups is 2. The lowest BCUT2D eigenvalue weighted by Crippen LogP contribution is -2.34. The number of ether oxygens (including phenoxy) is 1. The minimum absolute atomic E-state index is 0.0905. The number of aryl methyl sites for hydroxylation is 1. The molecular formula is C15H19NO4. The standard InChI is InChI=1S/C15H19NO4/c1-10-6-11(8-12(7-10)15(18)19)14(17)16(2)9-13-4-3-5-20-13/h6-8,13H,3-5,9H2,1-2H3,(H,18,19)/t13-/m0/s1. The second kappa shape index (κ2) is 6.05. The van der Waals surface area contributed by atoms with Crippen LogP contribution < -0.4 is 0 Å². The molecule has 1 amide bonds. The lowest BCUT2D eigenvalue weighted by atomic mass is 10.1. The number of amides is 1. The number of nitrogens with zero attached hydrogens (tertiary/aromatic N) is 1. The smallest absolute Gasteiger partial charge is 0.335 e. The van der Waals surface area contributed by atoms with Crippen LogP contribution >= 0.6 is 0 Å². The van der Waals surface area contributed by atoms with Crippen molar-refractivity contribution in [2.24, 2.45) is 0 Å². The molecule has 2 rings (SSSR count). The molecule has 1 saturated heterocycles. The van der Waals surface area contributed by atoms with Gasteiger partial charge in [0.1, 0.15) is 0 Å². The molecule has 5 heteroatoms. The van der Waals surface area contributed by atoms with E-state index in [1.807, 2.05) is 0 Å². The molecule has 0 aliphatic carbocycles.